The van der Waals surface area contributed by atoms with Crippen molar-refractivity contribution in [3.8, 4) is 0 Å². The van der Waals surface area contributed by atoms with E-state index in [1.165, 1.54) is 11.8 Å². The number of hydrogen-bond donors (Lipinski definition) is 1. The van der Waals surface area contributed by atoms with Crippen LogP contribution < -0.4 is 5.73 Å². The third-order valence-electron chi connectivity index (χ3n) is 2.45. The van der Waals surface area contributed by atoms with E-state index in [2.05, 4.69) is 4.99 Å². The maximum absolute atomic E-state index is 11.0. The highest BCUT2D eigenvalue weighted by atomic mass is 32.2. The lowest BCUT2D eigenvalue weighted by Gasteiger charge is -2.22. The Labute approximate surface area is 92.8 Å². The molecule has 0 radical (unpaired) electrons. The van der Waals surface area contributed by atoms with E-state index in [-0.39, 0.29) is 16.4 Å². The Morgan fingerprint density at radius 1 is 1.33 bits per heavy atom. The number of rotatable bonds is 1. The molecule has 78 valence electrons. The van der Waals surface area contributed by atoms with Crippen LogP contribution in [0.15, 0.2) is 29.3 Å². The van der Waals surface area contributed by atoms with Gasteiger partial charge in [0.2, 0.25) is 0 Å². The number of carbonyl (C=O) groups is 1. The zero-order valence-corrected chi connectivity index (χ0v) is 9.20. The summed E-state index contributed by atoms with van der Waals surface area (Å²) in [7, 11) is 0. The molecule has 0 spiro atoms. The van der Waals surface area contributed by atoms with Crippen LogP contribution in [0.25, 0.3) is 0 Å². The number of hydrogen-bond acceptors (Lipinski definition) is 3. The molecule has 0 aliphatic carbocycles. The quantitative estimate of drug-likeness (QED) is 0.740. The number of aliphatic imine (C=N–C) groups is 1. The lowest BCUT2D eigenvalue weighted by Crippen LogP contribution is -2.19. The normalized spacial score (nSPS) is 25.5. The van der Waals surface area contributed by atoms with Gasteiger partial charge in [0.05, 0.1) is 0 Å². The first-order valence-corrected chi connectivity index (χ1v) is 5.65. The summed E-state index contributed by atoms with van der Waals surface area (Å²) in [6.07, 6.45) is 1.73. The third-order valence-corrected chi connectivity index (χ3v) is 3.43. The molecule has 3 nitrogen and oxygen atoms in total. The van der Waals surface area contributed by atoms with Gasteiger partial charge in [-0.25, -0.2) is 4.99 Å². The number of nitrogens with zero attached hydrogens (tertiary/aromatic N) is 1. The predicted molar refractivity (Wildman–Crippen MR) is 64.5 cm³/mol. The second kappa shape index (κ2) is 4.06. The van der Waals surface area contributed by atoms with Gasteiger partial charge in [0, 0.05) is 23.1 Å². The molecule has 0 saturated carbocycles. The van der Waals surface area contributed by atoms with Crippen LogP contribution in [0.2, 0.25) is 0 Å². The van der Waals surface area contributed by atoms with Crippen molar-refractivity contribution < 1.29 is 4.79 Å². The van der Waals surface area contributed by atoms with Crippen molar-refractivity contribution in [1.29, 1.82) is 0 Å². The van der Waals surface area contributed by atoms with Crippen molar-refractivity contribution in [3.63, 3.8) is 0 Å². The van der Waals surface area contributed by atoms with Gasteiger partial charge < -0.3 is 5.73 Å². The average molecular weight is 220 g/mol. The minimum Gasteiger partial charge on any atom is -0.399 e. The lowest BCUT2D eigenvalue weighted by atomic mass is 9.97. The van der Waals surface area contributed by atoms with Crippen LogP contribution in [-0.4, -0.2) is 16.7 Å². The number of nitrogen functional groups attached to an aromatic ring is 1. The lowest BCUT2D eigenvalue weighted by molar-refractivity contribution is 0.267. The van der Waals surface area contributed by atoms with E-state index >= 15 is 0 Å². The van der Waals surface area contributed by atoms with Crippen molar-refractivity contribution in [2.24, 2.45) is 4.99 Å². The van der Waals surface area contributed by atoms with E-state index in [0.29, 0.717) is 0 Å². The molecule has 0 bridgehead atoms. The standard InChI is InChI=1S/C11H12N2OS/c1-7-10(6-13-11(14)15-7)8-2-4-9(12)5-3-8/h2-7,10H,12H2,1H3. The minimum absolute atomic E-state index is 0.103. The van der Waals surface area contributed by atoms with Crippen LogP contribution in [0.3, 0.4) is 0 Å². The third kappa shape index (κ3) is 2.21. The maximum atomic E-state index is 11.0. The maximum Gasteiger partial charge on any atom is 0.304 e. The average Bonchev–Trinajstić information content (AvgIpc) is 2.20. The van der Waals surface area contributed by atoms with Crippen LogP contribution in [0.5, 0.6) is 0 Å². The Morgan fingerprint density at radius 3 is 2.60 bits per heavy atom. The van der Waals surface area contributed by atoms with Crippen molar-refractivity contribution >= 4 is 28.9 Å². The molecule has 1 aromatic rings. The summed E-state index contributed by atoms with van der Waals surface area (Å²) in [6.45, 7) is 2.04. The van der Waals surface area contributed by atoms with Gasteiger partial charge in [-0.15, -0.1) is 0 Å². The highest BCUT2D eigenvalue weighted by Crippen LogP contribution is 2.32. The summed E-state index contributed by atoms with van der Waals surface area (Å²) in [6, 6.07) is 7.71. The largest absolute Gasteiger partial charge is 0.399 e. The van der Waals surface area contributed by atoms with Gasteiger partial charge in [0.1, 0.15) is 0 Å². The second-order valence-electron chi connectivity index (χ2n) is 3.56. The number of thioether (sulfide) groups is 1. The SMILES string of the molecule is CC1SC(=O)N=CC1c1ccc(N)cc1. The highest BCUT2D eigenvalue weighted by molar-refractivity contribution is 8.14. The molecule has 1 aliphatic rings. The summed E-state index contributed by atoms with van der Waals surface area (Å²) >= 11 is 1.28. The van der Waals surface area contributed by atoms with Gasteiger partial charge in [0.25, 0.3) is 0 Å². The Morgan fingerprint density at radius 2 is 2.00 bits per heavy atom. The van der Waals surface area contributed by atoms with Gasteiger partial charge in [-0.2, -0.15) is 0 Å². The molecule has 2 N–H and O–H groups in total. The van der Waals surface area contributed by atoms with Crippen molar-refractivity contribution in [2.45, 2.75) is 18.1 Å². The molecule has 4 heteroatoms. The zero-order valence-electron chi connectivity index (χ0n) is 8.38. The van der Waals surface area contributed by atoms with Crippen LogP contribution >= 0.6 is 11.8 Å². The van der Waals surface area contributed by atoms with Crippen molar-refractivity contribution in [1.82, 2.24) is 0 Å². The molecule has 1 aromatic carbocycles. The van der Waals surface area contributed by atoms with Gasteiger partial charge >= 0.3 is 5.24 Å². The summed E-state index contributed by atoms with van der Waals surface area (Å²) in [4.78, 5) is 14.9. The fourth-order valence-electron chi connectivity index (χ4n) is 1.60. The summed E-state index contributed by atoms with van der Waals surface area (Å²) < 4.78 is 0. The Balaban J connectivity index is 2.27. The predicted octanol–water partition coefficient (Wildman–Crippen LogP) is 2.68. The first kappa shape index (κ1) is 10.2. The van der Waals surface area contributed by atoms with E-state index < -0.39 is 0 Å². The molecular weight excluding hydrogens is 208 g/mol. The smallest absolute Gasteiger partial charge is 0.304 e. The zero-order chi connectivity index (χ0) is 10.8. The van der Waals surface area contributed by atoms with E-state index in [4.69, 9.17) is 5.73 Å². The molecule has 1 aliphatic heterocycles. The first-order chi connectivity index (χ1) is 7.16. The summed E-state index contributed by atoms with van der Waals surface area (Å²) in [5.41, 5.74) is 7.53. The van der Waals surface area contributed by atoms with E-state index in [1.807, 2.05) is 31.2 Å². The van der Waals surface area contributed by atoms with Crippen LogP contribution in [0, 0.1) is 0 Å². The molecule has 0 aromatic heterocycles. The fourth-order valence-corrected chi connectivity index (χ4v) is 2.41. The van der Waals surface area contributed by atoms with Gasteiger partial charge in [0.15, 0.2) is 0 Å². The molecule has 15 heavy (non-hydrogen) atoms. The Bertz CT molecular complexity index is 400. The number of nitrogens with two attached hydrogens (primary N) is 1. The van der Waals surface area contributed by atoms with Gasteiger partial charge in [-0.1, -0.05) is 30.8 Å². The summed E-state index contributed by atoms with van der Waals surface area (Å²) in [5, 5.41) is 0.132. The second-order valence-corrected chi connectivity index (χ2v) is 4.89. The Kier molecular flexibility index (Phi) is 2.77. The topological polar surface area (TPSA) is 55.5 Å². The summed E-state index contributed by atoms with van der Waals surface area (Å²) in [5.74, 6) is 0.202. The highest BCUT2D eigenvalue weighted by Gasteiger charge is 2.24. The molecule has 0 saturated heterocycles. The van der Waals surface area contributed by atoms with Gasteiger partial charge in [-0.3, -0.25) is 4.79 Å². The van der Waals surface area contributed by atoms with Crippen LogP contribution in [-0.2, 0) is 0 Å². The molecule has 1 heterocycles. The number of benzene rings is 1. The molecule has 0 fully saturated rings. The number of anilines is 1. The minimum atomic E-state index is -0.103. The number of amides is 1. The first-order valence-electron chi connectivity index (χ1n) is 4.77. The molecular formula is C11H12N2OS. The molecule has 1 amide bonds. The van der Waals surface area contributed by atoms with Crippen LogP contribution in [0.1, 0.15) is 18.4 Å². The molecule has 2 atom stereocenters. The van der Waals surface area contributed by atoms with Gasteiger partial charge in [-0.05, 0) is 17.7 Å². The Hall–Kier alpha value is -1.29. The fraction of sp³-hybridized carbons (Fsp3) is 0.273. The van der Waals surface area contributed by atoms with E-state index in [9.17, 15) is 4.79 Å². The number of carbonyl (C=O) groups excluding carboxylic acids is 1. The van der Waals surface area contributed by atoms with Crippen molar-refractivity contribution in [2.75, 3.05) is 5.73 Å². The van der Waals surface area contributed by atoms with Crippen molar-refractivity contribution in [3.05, 3.63) is 29.8 Å². The van der Waals surface area contributed by atoms with E-state index in [0.717, 1.165) is 11.3 Å². The monoisotopic (exact) mass is 220 g/mol. The molecule has 2 rings (SSSR count). The van der Waals surface area contributed by atoms with E-state index in [1.54, 1.807) is 6.21 Å². The van der Waals surface area contributed by atoms with Crippen LogP contribution in [0.4, 0.5) is 10.5 Å². The molecule has 2 unspecified atom stereocenters.